The van der Waals surface area contributed by atoms with Crippen LogP contribution in [-0.4, -0.2) is 33.5 Å². The maximum absolute atomic E-state index is 12.0. The van der Waals surface area contributed by atoms with Gasteiger partial charge in [0, 0.05) is 5.69 Å². The number of carbonyl (C=O) groups excluding carboxylic acids is 1. The maximum atomic E-state index is 12.0. The van der Waals surface area contributed by atoms with Crippen LogP contribution in [0.2, 0.25) is 0 Å². The van der Waals surface area contributed by atoms with Crippen molar-refractivity contribution in [1.82, 2.24) is 20.3 Å². The standard InChI is InChI=1S/C13H15N5O.ClH/c19-13(12-5-2-6-14-12)16-10-3-1-4-11(9-10)18-8-7-15-17-18;/h1,3-4,7-9,12,14H,2,5-6H2,(H,16,19);1H. The molecule has 6 nitrogen and oxygen atoms in total. The third-order valence-corrected chi connectivity index (χ3v) is 3.18. The molecule has 0 spiro atoms. The summed E-state index contributed by atoms with van der Waals surface area (Å²) in [6, 6.07) is 7.47. The highest BCUT2D eigenvalue weighted by molar-refractivity contribution is 5.95. The van der Waals surface area contributed by atoms with Gasteiger partial charge in [0.15, 0.2) is 0 Å². The molecule has 20 heavy (non-hydrogen) atoms. The Kier molecular flexibility index (Phi) is 4.70. The van der Waals surface area contributed by atoms with Crippen molar-refractivity contribution < 1.29 is 4.79 Å². The van der Waals surface area contributed by atoms with E-state index in [1.165, 1.54) is 0 Å². The number of anilines is 1. The molecule has 0 aliphatic carbocycles. The van der Waals surface area contributed by atoms with Crippen molar-refractivity contribution in [3.05, 3.63) is 36.7 Å². The molecule has 1 amide bonds. The van der Waals surface area contributed by atoms with E-state index in [4.69, 9.17) is 0 Å². The van der Waals surface area contributed by atoms with Crippen LogP contribution in [0.5, 0.6) is 0 Å². The summed E-state index contributed by atoms with van der Waals surface area (Å²) >= 11 is 0. The predicted octanol–water partition coefficient (Wildman–Crippen LogP) is 1.38. The van der Waals surface area contributed by atoms with Crippen molar-refractivity contribution in [2.45, 2.75) is 18.9 Å². The Morgan fingerprint density at radius 2 is 2.35 bits per heavy atom. The van der Waals surface area contributed by atoms with Gasteiger partial charge in [0.2, 0.25) is 5.91 Å². The van der Waals surface area contributed by atoms with Crippen LogP contribution >= 0.6 is 12.4 Å². The normalized spacial score (nSPS) is 17.5. The number of nitrogens with zero attached hydrogens (tertiary/aromatic N) is 3. The highest BCUT2D eigenvalue weighted by Crippen LogP contribution is 2.15. The molecular formula is C13H16ClN5O. The quantitative estimate of drug-likeness (QED) is 0.897. The smallest absolute Gasteiger partial charge is 0.241 e. The molecule has 0 bridgehead atoms. The summed E-state index contributed by atoms with van der Waals surface area (Å²) in [5.41, 5.74) is 1.64. The van der Waals surface area contributed by atoms with Crippen molar-refractivity contribution in [3.63, 3.8) is 0 Å². The van der Waals surface area contributed by atoms with Crippen molar-refractivity contribution >= 4 is 24.0 Å². The first-order valence-corrected chi connectivity index (χ1v) is 6.34. The summed E-state index contributed by atoms with van der Waals surface area (Å²) in [7, 11) is 0. The van der Waals surface area contributed by atoms with E-state index < -0.39 is 0 Å². The second kappa shape index (κ2) is 6.49. The van der Waals surface area contributed by atoms with Crippen molar-refractivity contribution in [2.75, 3.05) is 11.9 Å². The maximum Gasteiger partial charge on any atom is 0.241 e. The number of amides is 1. The number of rotatable bonds is 3. The van der Waals surface area contributed by atoms with Crippen LogP contribution in [0.4, 0.5) is 5.69 Å². The Balaban J connectivity index is 0.00000147. The van der Waals surface area contributed by atoms with Crippen molar-refractivity contribution in [1.29, 1.82) is 0 Å². The number of halogens is 1. The summed E-state index contributed by atoms with van der Waals surface area (Å²) in [5, 5.41) is 13.8. The van der Waals surface area contributed by atoms with E-state index in [1.54, 1.807) is 17.1 Å². The van der Waals surface area contributed by atoms with Crippen LogP contribution < -0.4 is 10.6 Å². The first kappa shape index (κ1) is 14.5. The van der Waals surface area contributed by atoms with E-state index in [2.05, 4.69) is 20.9 Å². The van der Waals surface area contributed by atoms with Gasteiger partial charge in [-0.15, -0.1) is 17.5 Å². The molecule has 7 heteroatoms. The molecule has 3 rings (SSSR count). The van der Waals surface area contributed by atoms with Gasteiger partial charge in [-0.25, -0.2) is 4.68 Å². The van der Waals surface area contributed by atoms with Gasteiger partial charge in [0.1, 0.15) is 0 Å². The monoisotopic (exact) mass is 293 g/mol. The summed E-state index contributed by atoms with van der Waals surface area (Å²) in [6.45, 7) is 0.914. The largest absolute Gasteiger partial charge is 0.325 e. The zero-order valence-corrected chi connectivity index (χ0v) is 11.6. The third-order valence-electron chi connectivity index (χ3n) is 3.18. The van der Waals surface area contributed by atoms with Gasteiger partial charge in [-0.3, -0.25) is 4.79 Å². The van der Waals surface area contributed by atoms with Crippen LogP contribution in [-0.2, 0) is 4.79 Å². The van der Waals surface area contributed by atoms with E-state index in [0.29, 0.717) is 0 Å². The first-order valence-electron chi connectivity index (χ1n) is 6.34. The lowest BCUT2D eigenvalue weighted by Gasteiger charge is -2.11. The Morgan fingerprint density at radius 1 is 1.45 bits per heavy atom. The van der Waals surface area contributed by atoms with Crippen LogP contribution in [0, 0.1) is 0 Å². The molecule has 2 N–H and O–H groups in total. The molecule has 2 heterocycles. The van der Waals surface area contributed by atoms with E-state index >= 15 is 0 Å². The summed E-state index contributed by atoms with van der Waals surface area (Å²) in [5.74, 6) is 0.0215. The summed E-state index contributed by atoms with van der Waals surface area (Å²) in [4.78, 5) is 12.0. The molecule has 1 saturated heterocycles. The SMILES string of the molecule is Cl.O=C(Nc1cccc(-n2ccnn2)c1)C1CCCN1. The zero-order chi connectivity index (χ0) is 13.1. The highest BCUT2D eigenvalue weighted by Gasteiger charge is 2.21. The van der Waals surface area contributed by atoms with E-state index in [9.17, 15) is 4.79 Å². The van der Waals surface area contributed by atoms with Gasteiger partial charge in [-0.2, -0.15) is 0 Å². The Labute approximate surface area is 123 Å². The van der Waals surface area contributed by atoms with Crippen LogP contribution in [0.25, 0.3) is 5.69 Å². The molecule has 1 aliphatic rings. The zero-order valence-electron chi connectivity index (χ0n) is 10.8. The third kappa shape index (κ3) is 3.15. The van der Waals surface area contributed by atoms with Crippen molar-refractivity contribution in [2.24, 2.45) is 0 Å². The number of hydrogen-bond donors (Lipinski definition) is 2. The number of hydrogen-bond acceptors (Lipinski definition) is 4. The fourth-order valence-corrected chi connectivity index (χ4v) is 2.21. The van der Waals surface area contributed by atoms with Gasteiger partial charge in [-0.1, -0.05) is 11.3 Å². The van der Waals surface area contributed by atoms with E-state index in [0.717, 1.165) is 30.8 Å². The second-order valence-electron chi connectivity index (χ2n) is 4.54. The van der Waals surface area contributed by atoms with Crippen LogP contribution in [0.15, 0.2) is 36.7 Å². The minimum absolute atomic E-state index is 0. The highest BCUT2D eigenvalue weighted by atomic mass is 35.5. The molecule has 1 aromatic heterocycles. The van der Waals surface area contributed by atoms with Crippen molar-refractivity contribution in [3.8, 4) is 5.69 Å². The van der Waals surface area contributed by atoms with E-state index in [-0.39, 0.29) is 24.4 Å². The van der Waals surface area contributed by atoms with Gasteiger partial charge >= 0.3 is 0 Å². The van der Waals surface area contributed by atoms with Gasteiger partial charge in [0.05, 0.1) is 24.1 Å². The van der Waals surface area contributed by atoms with Gasteiger partial charge < -0.3 is 10.6 Å². The minimum Gasteiger partial charge on any atom is -0.325 e. The van der Waals surface area contributed by atoms with Gasteiger partial charge in [0.25, 0.3) is 0 Å². The number of carbonyl (C=O) groups is 1. The first-order chi connectivity index (χ1) is 9.33. The Morgan fingerprint density at radius 3 is 3.05 bits per heavy atom. The fraction of sp³-hybridized carbons (Fsp3) is 0.308. The fourth-order valence-electron chi connectivity index (χ4n) is 2.21. The Hall–Kier alpha value is -1.92. The average Bonchev–Trinajstić information content (AvgIpc) is 3.13. The second-order valence-corrected chi connectivity index (χ2v) is 4.54. The van der Waals surface area contributed by atoms with Gasteiger partial charge in [-0.05, 0) is 37.6 Å². The molecule has 0 saturated carbocycles. The number of nitrogens with one attached hydrogen (secondary N) is 2. The molecule has 1 aromatic carbocycles. The Bertz CT molecular complexity index is 566. The number of aromatic nitrogens is 3. The summed E-state index contributed by atoms with van der Waals surface area (Å²) in [6.07, 6.45) is 5.33. The predicted molar refractivity (Wildman–Crippen MR) is 78.3 cm³/mol. The molecule has 2 aromatic rings. The lowest BCUT2D eigenvalue weighted by atomic mass is 10.2. The molecule has 1 aliphatic heterocycles. The van der Waals surface area contributed by atoms with E-state index in [1.807, 2.05) is 24.3 Å². The molecule has 1 unspecified atom stereocenters. The lowest BCUT2D eigenvalue weighted by molar-refractivity contribution is -0.117. The summed E-state index contributed by atoms with van der Waals surface area (Å²) < 4.78 is 1.66. The number of benzene rings is 1. The molecule has 0 radical (unpaired) electrons. The lowest BCUT2D eigenvalue weighted by Crippen LogP contribution is -2.35. The molecule has 1 fully saturated rings. The molecule has 106 valence electrons. The topological polar surface area (TPSA) is 71.8 Å². The molecule has 1 atom stereocenters. The average molecular weight is 294 g/mol. The van der Waals surface area contributed by atoms with Crippen LogP contribution in [0.3, 0.4) is 0 Å². The van der Waals surface area contributed by atoms with Crippen LogP contribution in [0.1, 0.15) is 12.8 Å². The minimum atomic E-state index is -0.0740. The molecular weight excluding hydrogens is 278 g/mol.